The molecule has 5 nitrogen and oxygen atoms in total. The van der Waals surface area contributed by atoms with Crippen molar-refractivity contribution in [3.05, 3.63) is 34.9 Å². The SMILES string of the molecule is N/C(=N\O)C1CN(Cc2ccc(Cl)cc2)CCO1. The molecule has 1 aromatic carbocycles. The summed E-state index contributed by atoms with van der Waals surface area (Å²) in [6, 6.07) is 7.74. The van der Waals surface area contributed by atoms with Crippen molar-refractivity contribution in [1.29, 1.82) is 0 Å². The van der Waals surface area contributed by atoms with Crippen molar-refractivity contribution in [1.82, 2.24) is 4.90 Å². The van der Waals surface area contributed by atoms with Crippen LogP contribution in [-0.4, -0.2) is 41.7 Å². The first-order chi connectivity index (χ1) is 8.69. The molecule has 1 atom stereocenters. The summed E-state index contributed by atoms with van der Waals surface area (Å²) < 4.78 is 5.44. The van der Waals surface area contributed by atoms with Gasteiger partial charge in [-0.2, -0.15) is 0 Å². The highest BCUT2D eigenvalue weighted by Crippen LogP contribution is 2.13. The second kappa shape index (κ2) is 6.04. The highest BCUT2D eigenvalue weighted by atomic mass is 35.5. The Hall–Kier alpha value is -1.30. The lowest BCUT2D eigenvalue weighted by Gasteiger charge is -2.32. The van der Waals surface area contributed by atoms with Gasteiger partial charge in [-0.05, 0) is 17.7 Å². The Labute approximate surface area is 111 Å². The minimum Gasteiger partial charge on any atom is -0.409 e. The van der Waals surface area contributed by atoms with Crippen LogP contribution in [0.3, 0.4) is 0 Å². The smallest absolute Gasteiger partial charge is 0.169 e. The topological polar surface area (TPSA) is 71.1 Å². The van der Waals surface area contributed by atoms with Crippen molar-refractivity contribution in [3.8, 4) is 0 Å². The molecule has 18 heavy (non-hydrogen) atoms. The summed E-state index contributed by atoms with van der Waals surface area (Å²) in [7, 11) is 0. The summed E-state index contributed by atoms with van der Waals surface area (Å²) in [6.45, 7) is 2.83. The van der Waals surface area contributed by atoms with E-state index in [1.165, 1.54) is 5.56 Å². The van der Waals surface area contributed by atoms with Crippen molar-refractivity contribution < 1.29 is 9.94 Å². The first-order valence-corrected chi connectivity index (χ1v) is 6.12. The average molecular weight is 270 g/mol. The van der Waals surface area contributed by atoms with Crippen LogP contribution >= 0.6 is 11.6 Å². The lowest BCUT2D eigenvalue weighted by atomic mass is 10.2. The number of oxime groups is 1. The first kappa shape index (κ1) is 13.1. The largest absolute Gasteiger partial charge is 0.409 e. The minimum absolute atomic E-state index is 0.121. The van der Waals surface area contributed by atoms with Gasteiger partial charge in [-0.15, -0.1) is 0 Å². The van der Waals surface area contributed by atoms with E-state index in [2.05, 4.69) is 10.1 Å². The van der Waals surface area contributed by atoms with E-state index < -0.39 is 0 Å². The van der Waals surface area contributed by atoms with E-state index in [4.69, 9.17) is 27.3 Å². The molecule has 6 heteroatoms. The zero-order chi connectivity index (χ0) is 13.0. The van der Waals surface area contributed by atoms with E-state index in [1.807, 2.05) is 24.3 Å². The summed E-state index contributed by atoms with van der Waals surface area (Å²) >= 11 is 5.84. The Bertz CT molecular complexity index is 422. The van der Waals surface area contributed by atoms with Gasteiger partial charge in [-0.25, -0.2) is 0 Å². The molecule has 1 unspecified atom stereocenters. The Morgan fingerprint density at radius 3 is 2.89 bits per heavy atom. The van der Waals surface area contributed by atoms with Gasteiger partial charge < -0.3 is 15.7 Å². The van der Waals surface area contributed by atoms with Crippen LogP contribution in [0.2, 0.25) is 5.02 Å². The number of hydrogen-bond acceptors (Lipinski definition) is 4. The molecule has 0 saturated carbocycles. The van der Waals surface area contributed by atoms with Crippen LogP contribution in [0.5, 0.6) is 0 Å². The van der Waals surface area contributed by atoms with Crippen LogP contribution in [0.15, 0.2) is 29.4 Å². The van der Waals surface area contributed by atoms with Crippen molar-refractivity contribution >= 4 is 17.4 Å². The van der Waals surface area contributed by atoms with Gasteiger partial charge in [0, 0.05) is 24.7 Å². The summed E-state index contributed by atoms with van der Waals surface area (Å²) in [5, 5.41) is 12.4. The number of halogens is 1. The number of ether oxygens (including phenoxy) is 1. The number of morpholine rings is 1. The van der Waals surface area contributed by atoms with E-state index in [9.17, 15) is 0 Å². The molecule has 1 aliphatic heterocycles. The third kappa shape index (κ3) is 3.35. The van der Waals surface area contributed by atoms with Crippen LogP contribution in [-0.2, 0) is 11.3 Å². The molecule has 0 bridgehead atoms. The zero-order valence-corrected chi connectivity index (χ0v) is 10.7. The highest BCUT2D eigenvalue weighted by Gasteiger charge is 2.23. The summed E-state index contributed by atoms with van der Waals surface area (Å²) in [4.78, 5) is 2.20. The van der Waals surface area contributed by atoms with E-state index >= 15 is 0 Å². The molecule has 1 aliphatic rings. The Morgan fingerprint density at radius 1 is 1.50 bits per heavy atom. The molecule has 3 N–H and O–H groups in total. The van der Waals surface area contributed by atoms with Gasteiger partial charge in [-0.1, -0.05) is 28.9 Å². The monoisotopic (exact) mass is 269 g/mol. The lowest BCUT2D eigenvalue weighted by molar-refractivity contribution is 0.00141. The fourth-order valence-corrected chi connectivity index (χ4v) is 2.06. The number of nitrogens with zero attached hydrogens (tertiary/aromatic N) is 2. The number of amidine groups is 1. The van der Waals surface area contributed by atoms with Gasteiger partial charge in [0.25, 0.3) is 0 Å². The van der Waals surface area contributed by atoms with Crippen molar-refractivity contribution in [3.63, 3.8) is 0 Å². The molecule has 1 saturated heterocycles. The second-order valence-corrected chi connectivity index (χ2v) is 4.68. The maximum absolute atomic E-state index is 8.64. The van der Waals surface area contributed by atoms with Gasteiger partial charge >= 0.3 is 0 Å². The normalized spacial score (nSPS) is 22.1. The molecule has 0 amide bonds. The number of nitrogens with two attached hydrogens (primary N) is 1. The van der Waals surface area contributed by atoms with Gasteiger partial charge in [-0.3, -0.25) is 4.90 Å². The molecule has 0 radical (unpaired) electrons. The van der Waals surface area contributed by atoms with E-state index in [1.54, 1.807) is 0 Å². The predicted octanol–water partition coefficient (Wildman–Crippen LogP) is 1.29. The molecular formula is C12H16ClN3O2. The Morgan fingerprint density at radius 2 is 2.22 bits per heavy atom. The van der Waals surface area contributed by atoms with Crippen LogP contribution in [0.25, 0.3) is 0 Å². The quantitative estimate of drug-likeness (QED) is 0.375. The van der Waals surface area contributed by atoms with Crippen molar-refractivity contribution in [2.75, 3.05) is 19.7 Å². The summed E-state index contributed by atoms with van der Waals surface area (Å²) in [5.74, 6) is 0.121. The van der Waals surface area contributed by atoms with Crippen LogP contribution < -0.4 is 5.73 Å². The summed E-state index contributed by atoms with van der Waals surface area (Å²) in [5.41, 5.74) is 6.73. The van der Waals surface area contributed by atoms with E-state index in [0.29, 0.717) is 13.2 Å². The molecule has 1 aromatic rings. The molecule has 0 spiro atoms. The first-order valence-electron chi connectivity index (χ1n) is 5.75. The number of rotatable bonds is 3. The standard InChI is InChI=1S/C12H16ClN3O2/c13-10-3-1-9(2-4-10)7-16-5-6-18-11(8-16)12(14)15-17/h1-4,11,17H,5-8H2,(H2,14,15). The van der Waals surface area contributed by atoms with E-state index in [-0.39, 0.29) is 11.9 Å². The fraction of sp³-hybridized carbons (Fsp3) is 0.417. The van der Waals surface area contributed by atoms with Crippen LogP contribution in [0, 0.1) is 0 Å². The molecular weight excluding hydrogens is 254 g/mol. The van der Waals surface area contributed by atoms with Gasteiger partial charge in [0.15, 0.2) is 5.84 Å². The molecule has 98 valence electrons. The molecule has 1 fully saturated rings. The lowest BCUT2D eigenvalue weighted by Crippen LogP contribution is -2.48. The van der Waals surface area contributed by atoms with Gasteiger partial charge in [0.2, 0.25) is 0 Å². The zero-order valence-electron chi connectivity index (χ0n) is 9.92. The highest BCUT2D eigenvalue weighted by molar-refractivity contribution is 6.30. The van der Waals surface area contributed by atoms with Crippen LogP contribution in [0.4, 0.5) is 0 Å². The third-order valence-corrected chi connectivity index (χ3v) is 3.17. The predicted molar refractivity (Wildman–Crippen MR) is 69.9 cm³/mol. The molecule has 0 aromatic heterocycles. The number of hydrogen-bond donors (Lipinski definition) is 2. The maximum Gasteiger partial charge on any atom is 0.169 e. The summed E-state index contributed by atoms with van der Waals surface area (Å²) in [6.07, 6.45) is -0.337. The molecule has 0 aliphatic carbocycles. The minimum atomic E-state index is -0.337. The third-order valence-electron chi connectivity index (χ3n) is 2.92. The Kier molecular flexibility index (Phi) is 4.41. The van der Waals surface area contributed by atoms with Crippen molar-refractivity contribution in [2.45, 2.75) is 12.6 Å². The van der Waals surface area contributed by atoms with Gasteiger partial charge in [0.05, 0.1) is 6.61 Å². The van der Waals surface area contributed by atoms with Crippen molar-refractivity contribution in [2.24, 2.45) is 10.9 Å². The molecule has 2 rings (SSSR count). The second-order valence-electron chi connectivity index (χ2n) is 4.25. The average Bonchev–Trinajstić information content (AvgIpc) is 2.41. The maximum atomic E-state index is 8.64. The number of benzene rings is 1. The van der Waals surface area contributed by atoms with E-state index in [0.717, 1.165) is 18.1 Å². The van der Waals surface area contributed by atoms with Gasteiger partial charge in [0.1, 0.15) is 6.10 Å². The van der Waals surface area contributed by atoms with Crippen LogP contribution in [0.1, 0.15) is 5.56 Å². The fourth-order valence-electron chi connectivity index (χ4n) is 1.94. The molecule has 1 heterocycles. The Balaban J connectivity index is 1.95.